The Morgan fingerprint density at radius 1 is 1.24 bits per heavy atom. The Morgan fingerprint density at radius 2 is 2.00 bits per heavy atom. The highest BCUT2D eigenvalue weighted by Crippen LogP contribution is 2.31. The first-order valence-electron chi connectivity index (χ1n) is 9.16. The predicted molar refractivity (Wildman–Crippen MR) is 96.3 cm³/mol. The van der Waals surface area contributed by atoms with Crippen LogP contribution in [0.3, 0.4) is 0 Å². The van der Waals surface area contributed by atoms with Crippen LogP contribution in [-0.4, -0.2) is 51.9 Å². The molecule has 0 aromatic carbocycles. The minimum atomic E-state index is -0.0267. The molecule has 1 amide bonds. The fourth-order valence-electron chi connectivity index (χ4n) is 3.49. The lowest BCUT2D eigenvalue weighted by atomic mass is 10.1. The van der Waals surface area contributed by atoms with Crippen molar-refractivity contribution in [3.63, 3.8) is 0 Å². The fourth-order valence-corrected chi connectivity index (χ4v) is 3.49. The molecule has 0 bridgehead atoms. The summed E-state index contributed by atoms with van der Waals surface area (Å²) in [5.41, 5.74) is 3.46. The number of H-pyrrole nitrogens is 1. The summed E-state index contributed by atoms with van der Waals surface area (Å²) in [5.74, 6) is 0.650. The summed E-state index contributed by atoms with van der Waals surface area (Å²) < 4.78 is 0. The van der Waals surface area contributed by atoms with Crippen molar-refractivity contribution < 1.29 is 4.79 Å². The van der Waals surface area contributed by atoms with E-state index in [4.69, 9.17) is 0 Å². The third-order valence-electron chi connectivity index (χ3n) is 5.22. The van der Waals surface area contributed by atoms with Crippen molar-refractivity contribution in [3.05, 3.63) is 39.8 Å². The monoisotopic (exact) mass is 340 g/mol. The van der Waals surface area contributed by atoms with Crippen LogP contribution in [0.2, 0.25) is 0 Å². The molecule has 3 heterocycles. The number of amides is 1. The molecule has 1 saturated carbocycles. The molecule has 25 heavy (non-hydrogen) atoms. The SMILES string of the molecule is CCc1cc2ncc(CN3CCN(C(=O)C4CC4)CC3)cc2[nH]c1=O. The van der Waals surface area contributed by atoms with Gasteiger partial charge in [0.1, 0.15) is 0 Å². The molecule has 0 atom stereocenters. The van der Waals surface area contributed by atoms with Crippen LogP contribution in [0, 0.1) is 5.92 Å². The second-order valence-corrected chi connectivity index (χ2v) is 7.13. The van der Waals surface area contributed by atoms with E-state index in [1.807, 2.05) is 30.2 Å². The van der Waals surface area contributed by atoms with Gasteiger partial charge in [0, 0.05) is 50.4 Å². The van der Waals surface area contributed by atoms with Gasteiger partial charge in [-0.2, -0.15) is 0 Å². The van der Waals surface area contributed by atoms with Gasteiger partial charge in [-0.3, -0.25) is 19.5 Å². The zero-order valence-corrected chi connectivity index (χ0v) is 14.6. The van der Waals surface area contributed by atoms with Crippen LogP contribution in [0.5, 0.6) is 0 Å². The fraction of sp³-hybridized carbons (Fsp3) is 0.526. The Morgan fingerprint density at radius 3 is 2.68 bits per heavy atom. The summed E-state index contributed by atoms with van der Waals surface area (Å²) in [4.78, 5) is 35.9. The maximum absolute atomic E-state index is 12.1. The maximum atomic E-state index is 12.1. The summed E-state index contributed by atoms with van der Waals surface area (Å²) >= 11 is 0. The number of fused-ring (bicyclic) bond motifs is 1. The summed E-state index contributed by atoms with van der Waals surface area (Å²) in [5, 5.41) is 0. The van der Waals surface area contributed by atoms with Crippen molar-refractivity contribution in [1.29, 1.82) is 0 Å². The summed E-state index contributed by atoms with van der Waals surface area (Å²) in [6.07, 6.45) is 4.74. The van der Waals surface area contributed by atoms with Gasteiger partial charge in [-0.25, -0.2) is 0 Å². The van der Waals surface area contributed by atoms with Gasteiger partial charge in [-0.05, 0) is 37.0 Å². The summed E-state index contributed by atoms with van der Waals surface area (Å²) in [6.45, 7) is 6.17. The molecular formula is C19H24N4O2. The first-order chi connectivity index (χ1) is 12.1. The van der Waals surface area contributed by atoms with Crippen LogP contribution in [0.4, 0.5) is 0 Å². The molecule has 2 aromatic heterocycles. The topological polar surface area (TPSA) is 69.3 Å². The average molecular weight is 340 g/mol. The molecular weight excluding hydrogens is 316 g/mol. The minimum Gasteiger partial charge on any atom is -0.340 e. The van der Waals surface area contributed by atoms with E-state index in [2.05, 4.69) is 14.9 Å². The van der Waals surface area contributed by atoms with Gasteiger partial charge in [-0.1, -0.05) is 6.92 Å². The number of aromatic nitrogens is 2. The number of aryl methyl sites for hydroxylation is 1. The van der Waals surface area contributed by atoms with E-state index in [-0.39, 0.29) is 5.56 Å². The highest BCUT2D eigenvalue weighted by Gasteiger charge is 2.34. The minimum absolute atomic E-state index is 0.0267. The van der Waals surface area contributed by atoms with Crippen LogP contribution in [0.15, 0.2) is 23.1 Å². The zero-order valence-electron chi connectivity index (χ0n) is 14.6. The van der Waals surface area contributed by atoms with Gasteiger partial charge in [0.25, 0.3) is 5.56 Å². The van der Waals surface area contributed by atoms with Gasteiger partial charge >= 0.3 is 0 Å². The van der Waals surface area contributed by atoms with E-state index >= 15 is 0 Å². The van der Waals surface area contributed by atoms with Crippen molar-refractivity contribution in [2.45, 2.75) is 32.7 Å². The molecule has 6 nitrogen and oxygen atoms in total. The zero-order chi connectivity index (χ0) is 17.4. The average Bonchev–Trinajstić information content (AvgIpc) is 3.46. The molecule has 0 unspecified atom stereocenters. The van der Waals surface area contributed by atoms with Crippen molar-refractivity contribution in [2.24, 2.45) is 5.92 Å². The standard InChI is InChI=1S/C19H24N4O2/c1-2-14-10-16-17(21-18(14)24)9-13(11-20-16)12-22-5-7-23(8-6-22)19(25)15-3-4-15/h9-11,15H,2-8,12H2,1H3,(H,21,24). The van der Waals surface area contributed by atoms with E-state index in [0.717, 1.165) is 67.7 Å². The van der Waals surface area contributed by atoms with Crippen LogP contribution < -0.4 is 5.56 Å². The van der Waals surface area contributed by atoms with Gasteiger partial charge in [0.05, 0.1) is 11.0 Å². The van der Waals surface area contributed by atoms with Gasteiger partial charge in [0.15, 0.2) is 0 Å². The van der Waals surface area contributed by atoms with E-state index in [0.29, 0.717) is 18.2 Å². The van der Waals surface area contributed by atoms with Crippen LogP contribution in [0.1, 0.15) is 30.9 Å². The normalized spacial score (nSPS) is 18.7. The van der Waals surface area contributed by atoms with Gasteiger partial charge in [0.2, 0.25) is 5.91 Å². The summed E-state index contributed by atoms with van der Waals surface area (Å²) in [7, 11) is 0. The number of nitrogens with one attached hydrogen (secondary N) is 1. The number of aromatic amines is 1. The molecule has 1 saturated heterocycles. The molecule has 1 N–H and O–H groups in total. The van der Waals surface area contributed by atoms with Gasteiger partial charge < -0.3 is 9.88 Å². The molecule has 1 aliphatic heterocycles. The first kappa shape index (κ1) is 16.3. The van der Waals surface area contributed by atoms with E-state index < -0.39 is 0 Å². The molecule has 0 radical (unpaired) electrons. The van der Waals surface area contributed by atoms with Crippen LogP contribution >= 0.6 is 0 Å². The lowest BCUT2D eigenvalue weighted by Crippen LogP contribution is -2.48. The third kappa shape index (κ3) is 3.44. The van der Waals surface area contributed by atoms with Gasteiger partial charge in [-0.15, -0.1) is 0 Å². The molecule has 4 rings (SSSR count). The van der Waals surface area contributed by atoms with Crippen molar-refractivity contribution in [2.75, 3.05) is 26.2 Å². The Balaban J connectivity index is 1.42. The lowest BCUT2D eigenvalue weighted by Gasteiger charge is -2.34. The highest BCUT2D eigenvalue weighted by atomic mass is 16.2. The number of piperazine rings is 1. The van der Waals surface area contributed by atoms with Crippen LogP contribution in [-0.2, 0) is 17.8 Å². The van der Waals surface area contributed by atoms with E-state index in [9.17, 15) is 9.59 Å². The van der Waals surface area contributed by atoms with Crippen molar-refractivity contribution in [1.82, 2.24) is 19.8 Å². The number of carbonyl (C=O) groups excluding carboxylic acids is 1. The first-order valence-corrected chi connectivity index (χ1v) is 9.16. The molecule has 2 fully saturated rings. The number of hydrogen-bond donors (Lipinski definition) is 1. The Bertz CT molecular complexity index is 848. The number of nitrogens with zero attached hydrogens (tertiary/aromatic N) is 3. The Labute approximate surface area is 146 Å². The Hall–Kier alpha value is -2.21. The van der Waals surface area contributed by atoms with Crippen molar-refractivity contribution >= 4 is 16.9 Å². The number of pyridine rings is 2. The molecule has 1 aliphatic carbocycles. The number of rotatable bonds is 4. The third-order valence-corrected chi connectivity index (χ3v) is 5.22. The highest BCUT2D eigenvalue weighted by molar-refractivity contribution is 5.81. The summed E-state index contributed by atoms with van der Waals surface area (Å²) in [6, 6.07) is 3.89. The van der Waals surface area contributed by atoms with Crippen LogP contribution in [0.25, 0.3) is 11.0 Å². The van der Waals surface area contributed by atoms with Crippen molar-refractivity contribution in [3.8, 4) is 0 Å². The molecule has 0 spiro atoms. The molecule has 6 heteroatoms. The lowest BCUT2D eigenvalue weighted by molar-refractivity contribution is -0.134. The predicted octanol–water partition coefficient (Wildman–Crippen LogP) is 1.54. The molecule has 2 aliphatic rings. The molecule has 2 aromatic rings. The largest absolute Gasteiger partial charge is 0.340 e. The Kier molecular flexibility index (Phi) is 4.29. The number of carbonyl (C=O) groups is 1. The maximum Gasteiger partial charge on any atom is 0.251 e. The smallest absolute Gasteiger partial charge is 0.251 e. The quantitative estimate of drug-likeness (QED) is 0.917. The second-order valence-electron chi connectivity index (χ2n) is 7.13. The second kappa shape index (κ2) is 6.59. The van der Waals surface area contributed by atoms with E-state index in [1.54, 1.807) is 0 Å². The van der Waals surface area contributed by atoms with E-state index in [1.165, 1.54) is 0 Å². The number of hydrogen-bond acceptors (Lipinski definition) is 4. The molecule has 132 valence electrons.